The van der Waals surface area contributed by atoms with E-state index in [1.54, 1.807) is 18.2 Å². The maximum absolute atomic E-state index is 13.5. The van der Waals surface area contributed by atoms with Crippen LogP contribution in [0.3, 0.4) is 0 Å². The van der Waals surface area contributed by atoms with Gasteiger partial charge in [-0.25, -0.2) is 9.59 Å². The molecule has 0 bridgehead atoms. The van der Waals surface area contributed by atoms with Gasteiger partial charge in [0.25, 0.3) is 6.20 Å². The highest BCUT2D eigenvalue weighted by Gasteiger charge is 2.39. The zero-order valence-corrected chi connectivity index (χ0v) is 28.2. The zero-order valence-electron chi connectivity index (χ0n) is 27.4. The van der Waals surface area contributed by atoms with Crippen molar-refractivity contribution in [2.75, 3.05) is 22.1 Å². The summed E-state index contributed by atoms with van der Waals surface area (Å²) in [4.78, 5) is 73.9. The molecule has 3 atom stereocenters. The fourth-order valence-corrected chi connectivity index (χ4v) is 6.01. The van der Waals surface area contributed by atoms with Gasteiger partial charge in [0.1, 0.15) is 23.9 Å². The fourth-order valence-electron chi connectivity index (χ4n) is 4.97. The summed E-state index contributed by atoms with van der Waals surface area (Å²) in [6.07, 6.45) is 0.787. The van der Waals surface area contributed by atoms with Crippen LogP contribution < -0.4 is 21.3 Å². The Morgan fingerprint density at radius 3 is 2.18 bits per heavy atom. The highest BCUT2D eigenvalue weighted by Crippen LogP contribution is 2.36. The SMILES string of the molecule is CC(=O)N1Cc2cc(NC(=C[N+](=O)[O-])Nc3ccc(O)cc3)ccc2C1C(=O)NC(CCSCC(NC(=O)CC(C)(C)C)C(=O)O)C(=O)O. The van der Waals surface area contributed by atoms with Crippen LogP contribution in [-0.2, 0) is 30.5 Å². The Balaban J connectivity index is 1.69. The Morgan fingerprint density at radius 2 is 1.61 bits per heavy atom. The van der Waals surface area contributed by atoms with Gasteiger partial charge in [-0.3, -0.25) is 24.5 Å². The van der Waals surface area contributed by atoms with Crippen molar-refractivity contribution in [2.45, 2.75) is 65.2 Å². The number of fused-ring (bicyclic) bond motifs is 1. The molecule has 3 unspecified atom stereocenters. The number of hydrogen-bond acceptors (Lipinski definition) is 11. The summed E-state index contributed by atoms with van der Waals surface area (Å²) < 4.78 is 0. The number of aromatic hydroxyl groups is 1. The second-order valence-corrected chi connectivity index (χ2v) is 13.7. The second-order valence-electron chi connectivity index (χ2n) is 12.5. The predicted octanol–water partition coefficient (Wildman–Crippen LogP) is 3.09. The third-order valence-corrected chi connectivity index (χ3v) is 8.27. The van der Waals surface area contributed by atoms with Crippen LogP contribution in [0.4, 0.5) is 11.4 Å². The molecule has 0 saturated heterocycles. The van der Waals surface area contributed by atoms with Crippen molar-refractivity contribution in [2.24, 2.45) is 5.41 Å². The number of nitrogens with zero attached hydrogens (tertiary/aromatic N) is 2. The molecule has 17 heteroatoms. The van der Waals surface area contributed by atoms with E-state index in [9.17, 15) is 49.4 Å². The Labute approximate surface area is 286 Å². The summed E-state index contributed by atoms with van der Waals surface area (Å²) >= 11 is 1.12. The molecule has 2 aromatic carbocycles. The van der Waals surface area contributed by atoms with E-state index in [0.717, 1.165) is 11.8 Å². The number of nitrogens with one attached hydrogen (secondary N) is 4. The molecule has 0 saturated carbocycles. The number of carbonyl (C=O) groups excluding carboxylic acids is 3. The largest absolute Gasteiger partial charge is 0.508 e. The van der Waals surface area contributed by atoms with Gasteiger partial charge in [0.05, 0.1) is 4.92 Å². The van der Waals surface area contributed by atoms with Crippen molar-refractivity contribution in [3.05, 3.63) is 75.7 Å². The predicted molar refractivity (Wildman–Crippen MR) is 181 cm³/mol. The van der Waals surface area contributed by atoms with Gasteiger partial charge >= 0.3 is 11.9 Å². The molecule has 0 aliphatic carbocycles. The van der Waals surface area contributed by atoms with E-state index >= 15 is 0 Å². The van der Waals surface area contributed by atoms with Crippen molar-refractivity contribution in [3.63, 3.8) is 0 Å². The number of carboxylic acid groups (broad SMARTS) is 2. The van der Waals surface area contributed by atoms with Crippen LogP contribution in [0.1, 0.15) is 57.7 Å². The molecule has 264 valence electrons. The van der Waals surface area contributed by atoms with Crippen LogP contribution in [-0.4, -0.2) is 78.4 Å². The van der Waals surface area contributed by atoms with Crippen LogP contribution in [0.25, 0.3) is 0 Å². The van der Waals surface area contributed by atoms with Crippen molar-refractivity contribution in [1.82, 2.24) is 15.5 Å². The lowest BCUT2D eigenvalue weighted by Gasteiger charge is -2.25. The first-order chi connectivity index (χ1) is 22.9. The van der Waals surface area contributed by atoms with E-state index in [1.807, 2.05) is 20.8 Å². The topological polar surface area (TPSA) is 241 Å². The highest BCUT2D eigenvalue weighted by atomic mass is 32.2. The monoisotopic (exact) mass is 700 g/mol. The number of nitro groups is 1. The number of carboxylic acids is 2. The van der Waals surface area contributed by atoms with Gasteiger partial charge in [0.2, 0.25) is 17.7 Å². The molecule has 49 heavy (non-hydrogen) atoms. The van der Waals surface area contributed by atoms with Crippen LogP contribution >= 0.6 is 11.8 Å². The first kappa shape index (κ1) is 38.1. The Bertz CT molecular complexity index is 1610. The molecule has 1 aliphatic heterocycles. The van der Waals surface area contributed by atoms with E-state index < -0.39 is 52.7 Å². The molecule has 1 aliphatic rings. The zero-order chi connectivity index (χ0) is 36.5. The normalized spacial score (nSPS) is 15.4. The summed E-state index contributed by atoms with van der Waals surface area (Å²) in [6.45, 7) is 6.83. The van der Waals surface area contributed by atoms with Gasteiger partial charge in [0.15, 0.2) is 5.82 Å². The Hall–Kier alpha value is -5.32. The third kappa shape index (κ3) is 11.7. The molecule has 3 amide bonds. The van der Waals surface area contributed by atoms with E-state index in [4.69, 9.17) is 0 Å². The smallest absolute Gasteiger partial charge is 0.327 e. The summed E-state index contributed by atoms with van der Waals surface area (Å²) in [5.74, 6) is -3.97. The van der Waals surface area contributed by atoms with Gasteiger partial charge in [-0.05, 0) is 65.1 Å². The van der Waals surface area contributed by atoms with Gasteiger partial charge < -0.3 is 41.5 Å². The molecule has 1 heterocycles. The minimum Gasteiger partial charge on any atom is -0.508 e. The molecule has 16 nitrogen and oxygen atoms in total. The number of anilines is 2. The maximum atomic E-state index is 13.5. The minimum absolute atomic E-state index is 0.00418. The lowest BCUT2D eigenvalue weighted by molar-refractivity contribution is -0.403. The molecule has 7 N–H and O–H groups in total. The van der Waals surface area contributed by atoms with E-state index in [0.29, 0.717) is 28.7 Å². The minimum atomic E-state index is -1.35. The van der Waals surface area contributed by atoms with Crippen molar-refractivity contribution in [3.8, 4) is 5.75 Å². The summed E-state index contributed by atoms with van der Waals surface area (Å²) in [5.41, 5.74) is 1.52. The molecule has 0 spiro atoms. The van der Waals surface area contributed by atoms with Gasteiger partial charge in [-0.2, -0.15) is 11.8 Å². The number of amides is 3. The number of thioether (sulfide) groups is 1. The number of hydrogen-bond donors (Lipinski definition) is 7. The fraction of sp³-hybridized carbons (Fsp3) is 0.406. The lowest BCUT2D eigenvalue weighted by Crippen LogP contribution is -2.47. The summed E-state index contributed by atoms with van der Waals surface area (Å²) in [5, 5.41) is 50.8. The van der Waals surface area contributed by atoms with Crippen LogP contribution in [0.5, 0.6) is 5.75 Å². The molecule has 0 aromatic heterocycles. The number of carbonyl (C=O) groups is 5. The van der Waals surface area contributed by atoms with Crippen molar-refractivity contribution >= 4 is 52.8 Å². The number of rotatable bonds is 16. The van der Waals surface area contributed by atoms with Gasteiger partial charge in [-0.1, -0.05) is 26.8 Å². The molecule has 2 aromatic rings. The highest BCUT2D eigenvalue weighted by molar-refractivity contribution is 7.99. The Morgan fingerprint density at radius 1 is 1.00 bits per heavy atom. The second kappa shape index (κ2) is 16.7. The first-order valence-electron chi connectivity index (χ1n) is 15.1. The summed E-state index contributed by atoms with van der Waals surface area (Å²) in [7, 11) is 0. The number of phenols is 1. The molecular weight excluding hydrogens is 660 g/mol. The van der Waals surface area contributed by atoms with Gasteiger partial charge in [0, 0.05) is 37.0 Å². The van der Waals surface area contributed by atoms with Crippen molar-refractivity contribution < 1.29 is 44.2 Å². The number of benzene rings is 2. The molecule has 0 fully saturated rings. The van der Waals surface area contributed by atoms with Crippen LogP contribution in [0, 0.1) is 15.5 Å². The lowest BCUT2D eigenvalue weighted by atomic mass is 9.92. The maximum Gasteiger partial charge on any atom is 0.327 e. The van der Waals surface area contributed by atoms with E-state index in [2.05, 4.69) is 21.3 Å². The molecular formula is C32H40N6O10S. The summed E-state index contributed by atoms with van der Waals surface area (Å²) in [6, 6.07) is 6.93. The van der Waals surface area contributed by atoms with Gasteiger partial charge in [-0.15, -0.1) is 0 Å². The molecule has 3 rings (SSSR count). The number of phenolic OH excluding ortho intramolecular Hbond substituents is 1. The standard InChI is InChI=1S/C32H40N6O10S/c1-18(39)37-15-19-13-21(34-26(16-38(47)48)33-20-5-8-22(40)9-6-20)7-10-23(19)28(37)29(42)36-24(30(43)44)11-12-49-17-25(31(45)46)35-27(41)14-32(2,3)4/h5-10,13,16,24-25,28,33-34,40H,11-12,14-15,17H2,1-4H3,(H,35,41)(H,36,42)(H,43,44)(H,45,46). The average Bonchev–Trinajstić information content (AvgIpc) is 3.37. The third-order valence-electron chi connectivity index (χ3n) is 7.18. The van der Waals surface area contributed by atoms with Crippen molar-refractivity contribution in [1.29, 1.82) is 0 Å². The first-order valence-corrected chi connectivity index (χ1v) is 16.3. The van der Waals surface area contributed by atoms with Crippen LogP contribution in [0.2, 0.25) is 0 Å². The molecule has 0 radical (unpaired) electrons. The number of aliphatic carboxylic acids is 2. The van der Waals surface area contributed by atoms with E-state index in [-0.39, 0.29) is 47.9 Å². The average molecular weight is 701 g/mol. The van der Waals surface area contributed by atoms with E-state index in [1.165, 1.54) is 36.1 Å². The Kier molecular flexibility index (Phi) is 13.0. The van der Waals surface area contributed by atoms with Crippen LogP contribution in [0.15, 0.2) is 54.5 Å². The quantitative estimate of drug-likeness (QED) is 0.0577.